The van der Waals surface area contributed by atoms with E-state index >= 15 is 0 Å². The van der Waals surface area contributed by atoms with Crippen LogP contribution in [0.2, 0.25) is 5.02 Å². The highest BCUT2D eigenvalue weighted by Crippen LogP contribution is 2.19. The molecule has 1 aromatic carbocycles. The number of rotatable bonds is 1. The van der Waals surface area contributed by atoms with Crippen molar-refractivity contribution in [1.29, 1.82) is 0 Å². The van der Waals surface area contributed by atoms with Gasteiger partial charge in [-0.1, -0.05) is 23.7 Å². The number of hydrogen-bond acceptors (Lipinski definition) is 2. The minimum absolute atomic E-state index is 0.228. The molecule has 0 radical (unpaired) electrons. The number of aromatic amines is 2. The van der Waals surface area contributed by atoms with Crippen LogP contribution in [0, 0.1) is 4.77 Å². The van der Waals surface area contributed by atoms with Gasteiger partial charge in [-0.15, -0.1) is 0 Å². The van der Waals surface area contributed by atoms with E-state index < -0.39 is 0 Å². The Morgan fingerprint density at radius 2 is 2.00 bits per heavy atom. The van der Waals surface area contributed by atoms with Crippen LogP contribution in [0.1, 0.15) is 0 Å². The third kappa shape index (κ3) is 2.34. The van der Waals surface area contributed by atoms with Crippen LogP contribution >= 0.6 is 23.8 Å². The standard InChI is InChI=1S/C10H7ClN2OS/c11-7-3-1-2-6(4-7)8-5-9(14)13-10(15)12-8/h1-5H,(H2,12,13,14,15). The van der Waals surface area contributed by atoms with Crippen LogP contribution in [-0.2, 0) is 0 Å². The molecule has 0 saturated heterocycles. The molecule has 0 aliphatic rings. The minimum atomic E-state index is -0.228. The lowest BCUT2D eigenvalue weighted by Crippen LogP contribution is -2.06. The topological polar surface area (TPSA) is 48.6 Å². The zero-order valence-corrected chi connectivity index (χ0v) is 9.15. The average molecular weight is 239 g/mol. The summed E-state index contributed by atoms with van der Waals surface area (Å²) in [4.78, 5) is 16.6. The molecule has 0 aliphatic carbocycles. The molecular formula is C10H7ClN2OS. The smallest absolute Gasteiger partial charge is 0.252 e. The Morgan fingerprint density at radius 1 is 1.20 bits per heavy atom. The Bertz CT molecular complexity index is 574. The van der Waals surface area contributed by atoms with Gasteiger partial charge in [-0.05, 0) is 29.9 Å². The van der Waals surface area contributed by atoms with Crippen LogP contribution in [-0.4, -0.2) is 9.97 Å². The molecule has 0 unspecified atom stereocenters. The molecule has 0 bridgehead atoms. The Morgan fingerprint density at radius 3 is 2.67 bits per heavy atom. The Labute approximate surface area is 95.8 Å². The second-order valence-electron chi connectivity index (χ2n) is 3.01. The van der Waals surface area contributed by atoms with Gasteiger partial charge in [-0.2, -0.15) is 0 Å². The monoisotopic (exact) mass is 238 g/mol. The molecule has 0 saturated carbocycles. The van der Waals surface area contributed by atoms with Gasteiger partial charge < -0.3 is 4.98 Å². The van der Waals surface area contributed by atoms with Crippen molar-refractivity contribution in [2.75, 3.05) is 0 Å². The second-order valence-corrected chi connectivity index (χ2v) is 3.86. The van der Waals surface area contributed by atoms with E-state index in [-0.39, 0.29) is 5.56 Å². The SMILES string of the molecule is O=c1cc(-c2cccc(Cl)c2)[nH]c(=S)[nH]1. The lowest BCUT2D eigenvalue weighted by molar-refractivity contribution is 1.09. The van der Waals surface area contributed by atoms with E-state index in [0.717, 1.165) is 5.56 Å². The number of nitrogens with one attached hydrogen (secondary N) is 2. The van der Waals surface area contributed by atoms with Crippen LogP contribution in [0.3, 0.4) is 0 Å². The van der Waals surface area contributed by atoms with E-state index in [4.69, 9.17) is 23.8 Å². The van der Waals surface area contributed by atoms with E-state index in [0.29, 0.717) is 15.5 Å². The van der Waals surface area contributed by atoms with Crippen LogP contribution in [0.25, 0.3) is 11.3 Å². The van der Waals surface area contributed by atoms with Crippen LogP contribution < -0.4 is 5.56 Å². The van der Waals surface area contributed by atoms with E-state index in [2.05, 4.69) is 9.97 Å². The normalized spacial score (nSPS) is 10.2. The van der Waals surface area contributed by atoms with Gasteiger partial charge in [0.15, 0.2) is 4.77 Å². The molecule has 0 amide bonds. The number of halogens is 1. The predicted octanol–water partition coefficient (Wildman–Crippen LogP) is 2.75. The van der Waals surface area contributed by atoms with Crippen LogP contribution in [0.4, 0.5) is 0 Å². The van der Waals surface area contributed by atoms with Gasteiger partial charge in [0.25, 0.3) is 5.56 Å². The molecule has 0 fully saturated rings. The number of benzene rings is 1. The zero-order valence-electron chi connectivity index (χ0n) is 7.58. The van der Waals surface area contributed by atoms with Crippen molar-refractivity contribution in [1.82, 2.24) is 9.97 Å². The summed E-state index contributed by atoms with van der Waals surface area (Å²) in [5.41, 5.74) is 1.26. The summed E-state index contributed by atoms with van der Waals surface area (Å²) in [6, 6.07) is 8.65. The first kappa shape index (κ1) is 10.1. The van der Waals surface area contributed by atoms with E-state index in [1.807, 2.05) is 12.1 Å². The van der Waals surface area contributed by atoms with Crippen LogP contribution in [0.5, 0.6) is 0 Å². The van der Waals surface area contributed by atoms with E-state index in [1.54, 1.807) is 12.1 Å². The van der Waals surface area contributed by atoms with Gasteiger partial charge in [-0.25, -0.2) is 0 Å². The maximum absolute atomic E-state index is 11.2. The molecule has 1 aromatic heterocycles. The van der Waals surface area contributed by atoms with Gasteiger partial charge >= 0.3 is 0 Å². The average Bonchev–Trinajstić information content (AvgIpc) is 2.16. The Hall–Kier alpha value is -1.39. The van der Waals surface area contributed by atoms with Crippen molar-refractivity contribution in [3.8, 4) is 11.3 Å². The first-order valence-corrected chi connectivity index (χ1v) is 5.03. The third-order valence-corrected chi connectivity index (χ3v) is 2.34. The molecule has 0 spiro atoms. The van der Waals surface area contributed by atoms with Crippen molar-refractivity contribution in [3.63, 3.8) is 0 Å². The highest BCUT2D eigenvalue weighted by molar-refractivity contribution is 7.71. The fourth-order valence-electron chi connectivity index (χ4n) is 1.28. The molecular weight excluding hydrogens is 232 g/mol. The molecule has 5 heteroatoms. The fourth-order valence-corrected chi connectivity index (χ4v) is 1.68. The molecule has 3 nitrogen and oxygen atoms in total. The first-order valence-electron chi connectivity index (χ1n) is 4.25. The van der Waals surface area contributed by atoms with Gasteiger partial charge in [-0.3, -0.25) is 9.78 Å². The van der Waals surface area contributed by atoms with Crippen LogP contribution in [0.15, 0.2) is 35.1 Å². The van der Waals surface area contributed by atoms with Crippen molar-refractivity contribution < 1.29 is 0 Å². The van der Waals surface area contributed by atoms with Gasteiger partial charge in [0, 0.05) is 11.1 Å². The largest absolute Gasteiger partial charge is 0.332 e. The maximum atomic E-state index is 11.2. The minimum Gasteiger partial charge on any atom is -0.332 e. The number of aromatic nitrogens is 2. The molecule has 2 N–H and O–H groups in total. The summed E-state index contributed by atoms with van der Waals surface area (Å²) < 4.78 is 0.303. The maximum Gasteiger partial charge on any atom is 0.252 e. The molecule has 15 heavy (non-hydrogen) atoms. The van der Waals surface area contributed by atoms with Gasteiger partial charge in [0.2, 0.25) is 0 Å². The quantitative estimate of drug-likeness (QED) is 0.751. The van der Waals surface area contributed by atoms with Crippen molar-refractivity contribution in [2.45, 2.75) is 0 Å². The second kappa shape index (κ2) is 4.00. The number of hydrogen-bond donors (Lipinski definition) is 2. The molecule has 0 atom stereocenters. The van der Waals surface area contributed by atoms with Crippen molar-refractivity contribution in [2.24, 2.45) is 0 Å². The third-order valence-electron chi connectivity index (χ3n) is 1.90. The van der Waals surface area contributed by atoms with E-state index in [1.165, 1.54) is 6.07 Å². The summed E-state index contributed by atoms with van der Waals surface area (Å²) in [5, 5.41) is 0.618. The summed E-state index contributed by atoms with van der Waals surface area (Å²) in [6.45, 7) is 0. The zero-order chi connectivity index (χ0) is 10.8. The predicted molar refractivity (Wildman–Crippen MR) is 62.7 cm³/mol. The Kier molecular flexibility index (Phi) is 2.70. The summed E-state index contributed by atoms with van der Waals surface area (Å²) in [5.74, 6) is 0. The molecule has 1 heterocycles. The van der Waals surface area contributed by atoms with Crippen molar-refractivity contribution in [3.05, 3.63) is 50.5 Å². The summed E-state index contributed by atoms with van der Waals surface area (Å²) in [6.07, 6.45) is 0. The highest BCUT2D eigenvalue weighted by atomic mass is 35.5. The molecule has 76 valence electrons. The van der Waals surface area contributed by atoms with Gasteiger partial charge in [0.1, 0.15) is 0 Å². The summed E-state index contributed by atoms with van der Waals surface area (Å²) >= 11 is 10.7. The van der Waals surface area contributed by atoms with E-state index in [9.17, 15) is 4.79 Å². The molecule has 2 rings (SSSR count). The highest BCUT2D eigenvalue weighted by Gasteiger charge is 1.99. The van der Waals surface area contributed by atoms with Gasteiger partial charge in [0.05, 0.1) is 5.69 Å². The Balaban J connectivity index is 2.64. The lowest BCUT2D eigenvalue weighted by atomic mass is 10.1. The number of H-pyrrole nitrogens is 2. The molecule has 0 aliphatic heterocycles. The lowest BCUT2D eigenvalue weighted by Gasteiger charge is -2.01. The fraction of sp³-hybridized carbons (Fsp3) is 0. The summed E-state index contributed by atoms with van der Waals surface area (Å²) in [7, 11) is 0. The first-order chi connectivity index (χ1) is 7.15. The van der Waals surface area contributed by atoms with Crippen molar-refractivity contribution >= 4 is 23.8 Å². The molecule has 2 aromatic rings.